The normalized spacial score (nSPS) is 11.1. The molecule has 98 valence electrons. The van der Waals surface area contributed by atoms with Gasteiger partial charge in [0, 0.05) is 18.4 Å². The zero-order chi connectivity index (χ0) is 12.7. The van der Waals surface area contributed by atoms with Gasteiger partial charge in [0.05, 0.1) is 16.4 Å². The predicted molar refractivity (Wildman–Crippen MR) is 77.0 cm³/mol. The van der Waals surface area contributed by atoms with Crippen LogP contribution in [0.2, 0.25) is 5.02 Å². The molecule has 0 fully saturated rings. The predicted octanol–water partition coefficient (Wildman–Crippen LogP) is 3.38. The van der Waals surface area contributed by atoms with Gasteiger partial charge >= 0.3 is 0 Å². The summed E-state index contributed by atoms with van der Waals surface area (Å²) in [5.41, 5.74) is 2.12. The van der Waals surface area contributed by atoms with Crippen LogP contribution in [0.3, 0.4) is 0 Å². The third-order valence-electron chi connectivity index (χ3n) is 2.72. The van der Waals surface area contributed by atoms with Crippen LogP contribution in [0.15, 0.2) is 0 Å². The lowest BCUT2D eigenvalue weighted by atomic mass is 10.3. The lowest BCUT2D eigenvalue weighted by Crippen LogP contribution is -2.18. The van der Waals surface area contributed by atoms with E-state index in [1.54, 1.807) is 0 Å². The number of hydrogen-bond donors (Lipinski definition) is 1. The van der Waals surface area contributed by atoms with Gasteiger partial charge in [-0.15, -0.1) is 0 Å². The SMILES string of the molecule is CCc1nn(CC)c(CNCCCCBr)c1Cl. The summed E-state index contributed by atoms with van der Waals surface area (Å²) < 4.78 is 2.00. The lowest BCUT2D eigenvalue weighted by Gasteiger charge is -2.06. The average molecular weight is 323 g/mol. The van der Waals surface area contributed by atoms with Crippen molar-refractivity contribution in [3.8, 4) is 0 Å². The van der Waals surface area contributed by atoms with Gasteiger partial charge in [-0.25, -0.2) is 0 Å². The number of halogens is 2. The van der Waals surface area contributed by atoms with Crippen LogP contribution in [0.5, 0.6) is 0 Å². The molecular weight excluding hydrogens is 302 g/mol. The van der Waals surface area contributed by atoms with Crippen molar-refractivity contribution in [3.63, 3.8) is 0 Å². The molecule has 17 heavy (non-hydrogen) atoms. The number of alkyl halides is 1. The Kier molecular flexibility index (Phi) is 7.16. The molecule has 0 aliphatic heterocycles. The molecule has 0 bridgehead atoms. The van der Waals surface area contributed by atoms with Gasteiger partial charge in [0.1, 0.15) is 0 Å². The maximum Gasteiger partial charge on any atom is 0.0863 e. The van der Waals surface area contributed by atoms with E-state index in [1.807, 2.05) is 4.68 Å². The van der Waals surface area contributed by atoms with Crippen molar-refractivity contribution in [2.24, 2.45) is 0 Å². The first-order valence-electron chi connectivity index (χ1n) is 6.25. The Labute approximate surface area is 117 Å². The Bertz CT molecular complexity index is 339. The van der Waals surface area contributed by atoms with Crippen molar-refractivity contribution in [2.45, 2.75) is 46.2 Å². The van der Waals surface area contributed by atoms with Gasteiger partial charge < -0.3 is 5.32 Å². The van der Waals surface area contributed by atoms with Crippen molar-refractivity contribution in [2.75, 3.05) is 11.9 Å². The molecule has 0 aromatic carbocycles. The van der Waals surface area contributed by atoms with Gasteiger partial charge in [-0.1, -0.05) is 34.5 Å². The number of nitrogens with zero attached hydrogens (tertiary/aromatic N) is 2. The van der Waals surface area contributed by atoms with Gasteiger partial charge in [-0.3, -0.25) is 4.68 Å². The van der Waals surface area contributed by atoms with Crippen molar-refractivity contribution >= 4 is 27.5 Å². The molecule has 0 atom stereocenters. The van der Waals surface area contributed by atoms with E-state index in [0.29, 0.717) is 0 Å². The first-order valence-corrected chi connectivity index (χ1v) is 7.75. The molecule has 1 N–H and O–H groups in total. The molecule has 1 aromatic rings. The van der Waals surface area contributed by atoms with Crippen LogP contribution < -0.4 is 5.32 Å². The fourth-order valence-electron chi connectivity index (χ4n) is 1.74. The van der Waals surface area contributed by atoms with E-state index in [-0.39, 0.29) is 0 Å². The number of hydrogen-bond acceptors (Lipinski definition) is 2. The third kappa shape index (κ3) is 4.27. The van der Waals surface area contributed by atoms with Crippen molar-refractivity contribution in [1.82, 2.24) is 15.1 Å². The Balaban J connectivity index is 2.54. The zero-order valence-electron chi connectivity index (χ0n) is 10.6. The molecule has 3 nitrogen and oxygen atoms in total. The van der Waals surface area contributed by atoms with Crippen molar-refractivity contribution < 1.29 is 0 Å². The molecule has 0 saturated carbocycles. The van der Waals surface area contributed by atoms with Crippen LogP contribution in [0, 0.1) is 0 Å². The lowest BCUT2D eigenvalue weighted by molar-refractivity contribution is 0.569. The zero-order valence-corrected chi connectivity index (χ0v) is 12.9. The Morgan fingerprint density at radius 1 is 1.35 bits per heavy atom. The van der Waals surface area contributed by atoms with E-state index in [2.05, 4.69) is 40.2 Å². The maximum atomic E-state index is 6.32. The molecule has 0 unspecified atom stereocenters. The molecule has 5 heteroatoms. The Morgan fingerprint density at radius 2 is 2.12 bits per heavy atom. The Morgan fingerprint density at radius 3 is 2.71 bits per heavy atom. The third-order valence-corrected chi connectivity index (χ3v) is 3.72. The second-order valence-corrected chi connectivity index (χ2v) is 5.12. The van der Waals surface area contributed by atoms with Gasteiger partial charge in [0.25, 0.3) is 0 Å². The van der Waals surface area contributed by atoms with Crippen LogP contribution in [0.4, 0.5) is 0 Å². The molecule has 1 aromatic heterocycles. The minimum atomic E-state index is 0.807. The standard InChI is InChI=1S/C12H21BrClN3/c1-3-10-12(14)11(17(4-2)16-10)9-15-8-6-5-7-13/h15H,3-9H2,1-2H3. The smallest absolute Gasteiger partial charge is 0.0863 e. The van der Waals surface area contributed by atoms with Gasteiger partial charge in [-0.05, 0) is 32.7 Å². The largest absolute Gasteiger partial charge is 0.311 e. The topological polar surface area (TPSA) is 29.9 Å². The van der Waals surface area contributed by atoms with Crippen LogP contribution >= 0.6 is 27.5 Å². The second-order valence-electron chi connectivity index (χ2n) is 3.95. The fraction of sp³-hybridized carbons (Fsp3) is 0.750. The van der Waals surface area contributed by atoms with E-state index in [9.17, 15) is 0 Å². The van der Waals surface area contributed by atoms with Gasteiger partial charge in [-0.2, -0.15) is 5.10 Å². The second kappa shape index (κ2) is 8.11. The number of nitrogens with one attached hydrogen (secondary N) is 1. The average Bonchev–Trinajstić information content (AvgIpc) is 2.65. The highest BCUT2D eigenvalue weighted by Gasteiger charge is 2.13. The molecule has 0 aliphatic carbocycles. The quantitative estimate of drug-likeness (QED) is 0.587. The minimum absolute atomic E-state index is 0.807. The molecule has 0 amide bonds. The van der Waals surface area contributed by atoms with Crippen LogP contribution in [-0.2, 0) is 19.5 Å². The summed E-state index contributed by atoms with van der Waals surface area (Å²) in [6.07, 6.45) is 3.28. The molecule has 0 saturated heterocycles. The number of unbranched alkanes of at least 4 members (excludes halogenated alkanes) is 1. The number of rotatable bonds is 8. The molecule has 0 aliphatic rings. The Hall–Kier alpha value is -0.0600. The number of aromatic nitrogens is 2. The van der Waals surface area contributed by atoms with E-state index in [1.165, 1.54) is 12.8 Å². The summed E-state index contributed by atoms with van der Waals surface area (Å²) >= 11 is 9.75. The van der Waals surface area contributed by atoms with E-state index < -0.39 is 0 Å². The first kappa shape index (κ1) is 15.0. The summed E-state index contributed by atoms with van der Waals surface area (Å²) in [6, 6.07) is 0. The fourth-order valence-corrected chi connectivity index (χ4v) is 2.47. The summed E-state index contributed by atoms with van der Waals surface area (Å²) in [7, 11) is 0. The van der Waals surface area contributed by atoms with E-state index in [4.69, 9.17) is 11.6 Å². The summed E-state index contributed by atoms with van der Waals surface area (Å²) in [5.74, 6) is 0. The molecular formula is C12H21BrClN3. The van der Waals surface area contributed by atoms with E-state index >= 15 is 0 Å². The summed E-state index contributed by atoms with van der Waals surface area (Å²) in [4.78, 5) is 0. The molecule has 0 spiro atoms. The van der Waals surface area contributed by atoms with Crippen LogP contribution in [0.1, 0.15) is 38.1 Å². The maximum absolute atomic E-state index is 6.32. The minimum Gasteiger partial charge on any atom is -0.311 e. The van der Waals surface area contributed by atoms with Gasteiger partial charge in [0.15, 0.2) is 0 Å². The van der Waals surface area contributed by atoms with Crippen LogP contribution in [-0.4, -0.2) is 21.7 Å². The summed E-state index contributed by atoms with van der Waals surface area (Å²) in [6.45, 7) is 6.89. The highest BCUT2D eigenvalue weighted by Crippen LogP contribution is 2.21. The van der Waals surface area contributed by atoms with Crippen molar-refractivity contribution in [1.29, 1.82) is 0 Å². The van der Waals surface area contributed by atoms with Crippen molar-refractivity contribution in [3.05, 3.63) is 16.4 Å². The van der Waals surface area contributed by atoms with Crippen LogP contribution in [0.25, 0.3) is 0 Å². The van der Waals surface area contributed by atoms with E-state index in [0.717, 1.165) is 47.8 Å². The van der Waals surface area contributed by atoms with Gasteiger partial charge in [0.2, 0.25) is 0 Å². The first-order chi connectivity index (χ1) is 8.24. The number of aryl methyl sites for hydroxylation is 2. The molecule has 0 radical (unpaired) electrons. The summed E-state index contributed by atoms with van der Waals surface area (Å²) in [5, 5.41) is 9.83. The molecule has 1 heterocycles. The highest BCUT2D eigenvalue weighted by molar-refractivity contribution is 9.09. The monoisotopic (exact) mass is 321 g/mol. The highest BCUT2D eigenvalue weighted by atomic mass is 79.9. The molecule has 1 rings (SSSR count).